The highest BCUT2D eigenvalue weighted by Gasteiger charge is 2.73. The maximum atomic E-state index is 14.1. The zero-order valence-electron chi connectivity index (χ0n) is 27.0. The lowest BCUT2D eigenvalue weighted by Crippen LogP contribution is -2.57. The van der Waals surface area contributed by atoms with Gasteiger partial charge in [0.15, 0.2) is 5.79 Å². The van der Waals surface area contributed by atoms with Crippen LogP contribution in [0.25, 0.3) is 0 Å². The number of Topliss-reactive ketones (excluding diaryl/α,β-unsaturated/α-hetero) is 1. The SMILES string of the molecule is CC[C@@H](C(=O)[C@@H](C)[C@@H](O)[C@H](C)[C@H]1O[C@@](O)(CC)[C@H](C)C[C@@H]1C)[C@H]1O[C@](C)([C@]23O[C@H](C)[C@](CC)(C[C@H]2C)O3)C[C@H]1C. The Bertz CT molecular complexity index is 926. The number of fused-ring (bicyclic) bond motifs is 2. The van der Waals surface area contributed by atoms with Crippen LogP contribution in [0.1, 0.15) is 115 Å². The molecule has 4 heterocycles. The Labute approximate surface area is 243 Å². The second-order valence-electron chi connectivity index (χ2n) is 14.5. The Hall–Kier alpha value is -0.570. The van der Waals surface area contributed by atoms with Crippen molar-refractivity contribution in [3.63, 3.8) is 0 Å². The van der Waals surface area contributed by atoms with E-state index in [1.54, 1.807) is 0 Å². The van der Waals surface area contributed by atoms with Gasteiger partial charge in [0.25, 0.3) is 0 Å². The molecule has 15 atom stereocenters. The van der Waals surface area contributed by atoms with Gasteiger partial charge in [-0.3, -0.25) is 4.79 Å². The largest absolute Gasteiger partial charge is 0.392 e. The zero-order chi connectivity index (χ0) is 30.0. The standard InChI is InChI=1S/C33H58O7/c1-12-25(27(35)22(8)26(34)23(9)28-18(4)15-20(6)32(36,14-3)39-28)29-19(5)16-30(11,38-29)33-21(7)17-31(13-2,40-33)24(10)37-33/h18-26,28-29,34,36H,12-17H2,1-11H3/t18-,19+,20+,21+,22-,23-,24+,25-,26+,28-,29-,30-,31-,32-,33-/m0/s1. The quantitative estimate of drug-likeness (QED) is 0.341. The summed E-state index contributed by atoms with van der Waals surface area (Å²) in [5.74, 6) is -2.67. The van der Waals surface area contributed by atoms with Crippen molar-refractivity contribution >= 4 is 5.78 Å². The predicted molar refractivity (Wildman–Crippen MR) is 154 cm³/mol. The Morgan fingerprint density at radius 3 is 2.10 bits per heavy atom. The van der Waals surface area contributed by atoms with Gasteiger partial charge in [-0.2, -0.15) is 0 Å². The lowest BCUT2D eigenvalue weighted by molar-refractivity contribution is -0.306. The molecule has 4 fully saturated rings. The first-order valence-electron chi connectivity index (χ1n) is 16.2. The summed E-state index contributed by atoms with van der Waals surface area (Å²) in [6.07, 6.45) is 3.08. The van der Waals surface area contributed by atoms with E-state index in [0.29, 0.717) is 12.8 Å². The van der Waals surface area contributed by atoms with Crippen LogP contribution in [0.5, 0.6) is 0 Å². The molecule has 0 aromatic carbocycles. The number of ketones is 1. The molecule has 0 saturated carbocycles. The van der Waals surface area contributed by atoms with Crippen LogP contribution in [0, 0.1) is 41.4 Å². The molecule has 7 nitrogen and oxygen atoms in total. The van der Waals surface area contributed by atoms with E-state index in [1.807, 2.05) is 34.6 Å². The first-order chi connectivity index (χ1) is 18.5. The summed E-state index contributed by atoms with van der Waals surface area (Å²) in [6, 6.07) is 0. The molecule has 0 spiro atoms. The summed E-state index contributed by atoms with van der Waals surface area (Å²) >= 11 is 0. The van der Waals surface area contributed by atoms with E-state index >= 15 is 0 Å². The van der Waals surface area contributed by atoms with Crippen LogP contribution in [0.4, 0.5) is 0 Å². The van der Waals surface area contributed by atoms with E-state index in [-0.39, 0.29) is 65.2 Å². The number of hydrogen-bond donors (Lipinski definition) is 2. The Morgan fingerprint density at radius 2 is 1.55 bits per heavy atom. The molecule has 2 bridgehead atoms. The smallest absolute Gasteiger partial charge is 0.201 e. The molecule has 0 aromatic heterocycles. The number of ether oxygens (including phenoxy) is 4. The molecule has 4 aliphatic heterocycles. The molecule has 232 valence electrons. The minimum absolute atomic E-state index is 0.00138. The lowest BCUT2D eigenvalue weighted by atomic mass is 9.73. The van der Waals surface area contributed by atoms with Crippen molar-refractivity contribution in [1.82, 2.24) is 0 Å². The van der Waals surface area contributed by atoms with Crippen molar-refractivity contribution < 1.29 is 34.0 Å². The Balaban J connectivity index is 1.50. The fraction of sp³-hybridized carbons (Fsp3) is 0.970. The summed E-state index contributed by atoms with van der Waals surface area (Å²) in [4.78, 5) is 14.1. The van der Waals surface area contributed by atoms with Gasteiger partial charge in [0, 0.05) is 29.6 Å². The summed E-state index contributed by atoms with van der Waals surface area (Å²) in [7, 11) is 0. The number of aliphatic hydroxyl groups is 2. The first-order valence-corrected chi connectivity index (χ1v) is 16.2. The lowest BCUT2D eigenvalue weighted by Gasteiger charge is -2.48. The summed E-state index contributed by atoms with van der Waals surface area (Å²) in [5.41, 5.74) is -0.935. The normalized spacial score (nSPS) is 50.1. The number of carbonyl (C=O) groups excluding carboxylic acids is 1. The van der Waals surface area contributed by atoms with Crippen LogP contribution in [0.3, 0.4) is 0 Å². The number of aliphatic hydroxyl groups excluding tert-OH is 1. The minimum atomic E-state index is -1.20. The van der Waals surface area contributed by atoms with Crippen LogP contribution in [-0.4, -0.2) is 63.2 Å². The highest BCUT2D eigenvalue weighted by molar-refractivity contribution is 5.84. The van der Waals surface area contributed by atoms with Gasteiger partial charge in [-0.25, -0.2) is 0 Å². The van der Waals surface area contributed by atoms with Crippen LogP contribution >= 0.6 is 0 Å². The molecule has 0 unspecified atom stereocenters. The van der Waals surface area contributed by atoms with E-state index in [1.165, 1.54) is 0 Å². The molecule has 4 saturated heterocycles. The Morgan fingerprint density at radius 1 is 0.900 bits per heavy atom. The molecule has 0 aromatic rings. The molecular weight excluding hydrogens is 508 g/mol. The molecule has 4 rings (SSSR count). The van der Waals surface area contributed by atoms with Gasteiger partial charge in [-0.05, 0) is 64.2 Å². The summed E-state index contributed by atoms with van der Waals surface area (Å²) < 4.78 is 26.6. The highest BCUT2D eigenvalue weighted by atomic mass is 16.8. The van der Waals surface area contributed by atoms with Crippen LogP contribution in [0.15, 0.2) is 0 Å². The van der Waals surface area contributed by atoms with Crippen molar-refractivity contribution in [2.75, 3.05) is 0 Å². The zero-order valence-corrected chi connectivity index (χ0v) is 27.0. The molecule has 0 radical (unpaired) electrons. The van der Waals surface area contributed by atoms with Gasteiger partial charge >= 0.3 is 0 Å². The molecule has 2 N–H and O–H groups in total. The fourth-order valence-electron chi connectivity index (χ4n) is 9.16. The van der Waals surface area contributed by atoms with Gasteiger partial charge in [-0.1, -0.05) is 62.3 Å². The topological polar surface area (TPSA) is 94.5 Å². The average Bonchev–Trinajstić information content (AvgIpc) is 3.51. The third-order valence-corrected chi connectivity index (χ3v) is 11.9. The van der Waals surface area contributed by atoms with Crippen molar-refractivity contribution in [3.8, 4) is 0 Å². The van der Waals surface area contributed by atoms with Crippen LogP contribution in [0.2, 0.25) is 0 Å². The predicted octanol–water partition coefficient (Wildman–Crippen LogP) is 5.88. The maximum absolute atomic E-state index is 14.1. The van der Waals surface area contributed by atoms with Crippen molar-refractivity contribution in [2.24, 2.45) is 41.4 Å². The van der Waals surface area contributed by atoms with Crippen molar-refractivity contribution in [2.45, 2.75) is 162 Å². The van der Waals surface area contributed by atoms with Crippen LogP contribution < -0.4 is 0 Å². The third kappa shape index (κ3) is 4.83. The van der Waals surface area contributed by atoms with E-state index < -0.39 is 29.2 Å². The highest BCUT2D eigenvalue weighted by Crippen LogP contribution is 2.62. The Kier molecular flexibility index (Phi) is 9.03. The second kappa shape index (κ2) is 11.2. The van der Waals surface area contributed by atoms with Gasteiger partial charge in [-0.15, -0.1) is 0 Å². The molecule has 4 aliphatic rings. The van der Waals surface area contributed by atoms with Gasteiger partial charge in [0.2, 0.25) is 5.79 Å². The molecule has 0 aliphatic carbocycles. The second-order valence-corrected chi connectivity index (χ2v) is 14.5. The number of rotatable bonds is 10. The molecular formula is C33H58O7. The first kappa shape index (κ1) is 32.3. The summed E-state index contributed by atoms with van der Waals surface area (Å²) in [5, 5.41) is 22.6. The third-order valence-electron chi connectivity index (χ3n) is 11.9. The molecule has 40 heavy (non-hydrogen) atoms. The number of hydrogen-bond acceptors (Lipinski definition) is 7. The summed E-state index contributed by atoms with van der Waals surface area (Å²) in [6.45, 7) is 22.6. The van der Waals surface area contributed by atoms with E-state index in [2.05, 4.69) is 41.5 Å². The monoisotopic (exact) mass is 566 g/mol. The van der Waals surface area contributed by atoms with Gasteiger partial charge < -0.3 is 29.2 Å². The molecule has 7 heteroatoms. The average molecular weight is 567 g/mol. The van der Waals surface area contributed by atoms with E-state index in [0.717, 1.165) is 25.7 Å². The van der Waals surface area contributed by atoms with Crippen LogP contribution in [-0.2, 0) is 23.7 Å². The van der Waals surface area contributed by atoms with E-state index in [9.17, 15) is 15.0 Å². The van der Waals surface area contributed by atoms with E-state index in [4.69, 9.17) is 18.9 Å². The van der Waals surface area contributed by atoms with Gasteiger partial charge in [0.1, 0.15) is 11.4 Å². The van der Waals surface area contributed by atoms with Crippen molar-refractivity contribution in [1.29, 1.82) is 0 Å². The minimum Gasteiger partial charge on any atom is -0.392 e. The number of carbonyl (C=O) groups is 1. The van der Waals surface area contributed by atoms with Crippen molar-refractivity contribution in [3.05, 3.63) is 0 Å². The maximum Gasteiger partial charge on any atom is 0.201 e. The molecule has 0 amide bonds. The van der Waals surface area contributed by atoms with Gasteiger partial charge in [0.05, 0.1) is 30.0 Å². The fourth-order valence-corrected chi connectivity index (χ4v) is 9.16.